The van der Waals surface area contributed by atoms with Crippen molar-refractivity contribution in [2.45, 2.75) is 20.1 Å². The predicted octanol–water partition coefficient (Wildman–Crippen LogP) is 4.29. The van der Waals surface area contributed by atoms with Crippen LogP contribution in [0.15, 0.2) is 54.6 Å². The van der Waals surface area contributed by atoms with Crippen molar-refractivity contribution < 1.29 is 9.53 Å². The second kappa shape index (κ2) is 8.02. The second-order valence-electron chi connectivity index (χ2n) is 6.70. The molecule has 0 saturated carbocycles. The van der Waals surface area contributed by atoms with Crippen molar-refractivity contribution in [3.05, 3.63) is 77.0 Å². The molecule has 0 atom stereocenters. The Balaban J connectivity index is 1.71. The molecule has 0 bridgehead atoms. The molecule has 0 radical (unpaired) electrons. The van der Waals surface area contributed by atoms with E-state index >= 15 is 0 Å². The summed E-state index contributed by atoms with van der Waals surface area (Å²) < 4.78 is 5.28. The smallest absolute Gasteiger partial charge is 0.331 e. The fourth-order valence-electron chi connectivity index (χ4n) is 2.96. The summed E-state index contributed by atoms with van der Waals surface area (Å²) in [5.41, 5.74) is 5.53. The summed E-state index contributed by atoms with van der Waals surface area (Å²) in [6.45, 7) is 3.25. The highest BCUT2D eigenvalue weighted by atomic mass is 16.5. The summed E-state index contributed by atoms with van der Waals surface area (Å²) in [4.78, 5) is 17.5. The molecule has 4 heteroatoms. The molecule has 0 amide bonds. The monoisotopic (exact) mass is 348 g/mol. The Morgan fingerprint density at radius 3 is 2.65 bits per heavy atom. The van der Waals surface area contributed by atoms with E-state index in [1.807, 2.05) is 36.4 Å². The van der Waals surface area contributed by atoms with Gasteiger partial charge in [-0.15, -0.1) is 0 Å². The Bertz CT molecular complexity index is 924. The van der Waals surface area contributed by atoms with Crippen LogP contribution in [0.5, 0.6) is 0 Å². The number of ether oxygens (including phenoxy) is 1. The number of hydrogen-bond acceptors (Lipinski definition) is 3. The molecule has 1 N–H and O–H groups in total. The lowest BCUT2D eigenvalue weighted by Gasteiger charge is -2.09. The van der Waals surface area contributed by atoms with E-state index in [1.165, 1.54) is 22.7 Å². The maximum absolute atomic E-state index is 11.9. The van der Waals surface area contributed by atoms with E-state index in [0.29, 0.717) is 0 Å². The zero-order valence-electron chi connectivity index (χ0n) is 15.5. The number of carbonyl (C=O) groups is 1. The van der Waals surface area contributed by atoms with Crippen LogP contribution in [-0.4, -0.2) is 29.9 Å². The van der Waals surface area contributed by atoms with Gasteiger partial charge in [-0.3, -0.25) is 0 Å². The van der Waals surface area contributed by atoms with Crippen molar-refractivity contribution >= 4 is 22.9 Å². The number of aromatic nitrogens is 1. The SMILES string of the molecule is Cc1[nH]c2ccc(/C=C/C(=O)OCc3ccccc3)cc2c1CN(C)C. The highest BCUT2D eigenvalue weighted by Crippen LogP contribution is 2.24. The third kappa shape index (κ3) is 4.41. The maximum Gasteiger partial charge on any atom is 0.331 e. The van der Waals surface area contributed by atoms with Crippen LogP contribution in [0.25, 0.3) is 17.0 Å². The van der Waals surface area contributed by atoms with Crippen LogP contribution >= 0.6 is 0 Å². The van der Waals surface area contributed by atoms with E-state index in [-0.39, 0.29) is 12.6 Å². The number of esters is 1. The van der Waals surface area contributed by atoms with Gasteiger partial charge in [0.15, 0.2) is 0 Å². The molecule has 134 valence electrons. The van der Waals surface area contributed by atoms with Crippen LogP contribution in [0.4, 0.5) is 0 Å². The topological polar surface area (TPSA) is 45.3 Å². The van der Waals surface area contributed by atoms with Crippen LogP contribution in [0.2, 0.25) is 0 Å². The van der Waals surface area contributed by atoms with Gasteiger partial charge < -0.3 is 14.6 Å². The lowest BCUT2D eigenvalue weighted by atomic mass is 10.1. The van der Waals surface area contributed by atoms with Crippen molar-refractivity contribution in [1.29, 1.82) is 0 Å². The zero-order valence-corrected chi connectivity index (χ0v) is 15.5. The molecule has 0 aliphatic rings. The van der Waals surface area contributed by atoms with Gasteiger partial charge in [0.05, 0.1) is 0 Å². The molecule has 3 rings (SSSR count). The van der Waals surface area contributed by atoms with Gasteiger partial charge in [0.1, 0.15) is 6.61 Å². The Kier molecular flexibility index (Phi) is 5.54. The summed E-state index contributed by atoms with van der Waals surface area (Å²) in [5.74, 6) is -0.340. The van der Waals surface area contributed by atoms with E-state index in [2.05, 4.69) is 43.0 Å². The van der Waals surface area contributed by atoms with E-state index in [1.54, 1.807) is 6.08 Å². The molecule has 0 fully saturated rings. The van der Waals surface area contributed by atoms with E-state index in [0.717, 1.165) is 23.2 Å². The molecule has 0 unspecified atom stereocenters. The zero-order chi connectivity index (χ0) is 18.5. The third-order valence-corrected chi connectivity index (χ3v) is 4.25. The standard InChI is InChI=1S/C22H24N2O2/c1-16-20(14-24(2)3)19-13-17(9-11-21(19)23-16)10-12-22(25)26-15-18-7-5-4-6-8-18/h4-13,23H,14-15H2,1-3H3/b12-10+. The average Bonchev–Trinajstić information content (AvgIpc) is 2.93. The van der Waals surface area contributed by atoms with Crippen LogP contribution in [0.1, 0.15) is 22.4 Å². The summed E-state index contributed by atoms with van der Waals surface area (Å²) in [7, 11) is 4.12. The molecule has 0 aliphatic heterocycles. The number of H-pyrrole nitrogens is 1. The summed E-state index contributed by atoms with van der Waals surface area (Å²) in [6.07, 6.45) is 3.28. The summed E-state index contributed by atoms with van der Waals surface area (Å²) in [6, 6.07) is 15.8. The third-order valence-electron chi connectivity index (χ3n) is 4.25. The van der Waals surface area contributed by atoms with Crippen LogP contribution < -0.4 is 0 Å². The van der Waals surface area contributed by atoms with Gasteiger partial charge in [-0.25, -0.2) is 4.79 Å². The summed E-state index contributed by atoms with van der Waals surface area (Å²) >= 11 is 0. The lowest BCUT2D eigenvalue weighted by molar-refractivity contribution is -0.138. The Morgan fingerprint density at radius 1 is 1.15 bits per heavy atom. The first-order valence-corrected chi connectivity index (χ1v) is 8.67. The normalized spacial score (nSPS) is 11.5. The second-order valence-corrected chi connectivity index (χ2v) is 6.70. The maximum atomic E-state index is 11.9. The number of nitrogens with zero attached hydrogens (tertiary/aromatic N) is 1. The molecule has 0 spiro atoms. The van der Waals surface area contributed by atoms with Crippen LogP contribution in [0, 0.1) is 6.92 Å². The largest absolute Gasteiger partial charge is 0.458 e. The lowest BCUT2D eigenvalue weighted by Crippen LogP contribution is -2.11. The van der Waals surface area contributed by atoms with Crippen LogP contribution in [-0.2, 0) is 22.7 Å². The molecule has 0 aliphatic carbocycles. The van der Waals surface area contributed by atoms with Gasteiger partial charge in [0.2, 0.25) is 0 Å². The van der Waals surface area contributed by atoms with E-state index in [9.17, 15) is 4.79 Å². The van der Waals surface area contributed by atoms with Gasteiger partial charge >= 0.3 is 5.97 Å². The molecule has 1 heterocycles. The first-order valence-electron chi connectivity index (χ1n) is 8.67. The van der Waals surface area contributed by atoms with Gasteiger partial charge in [0.25, 0.3) is 0 Å². The number of fused-ring (bicyclic) bond motifs is 1. The van der Waals surface area contributed by atoms with E-state index in [4.69, 9.17) is 4.74 Å². The molecule has 1 aromatic heterocycles. The highest BCUT2D eigenvalue weighted by Gasteiger charge is 2.09. The fourth-order valence-corrected chi connectivity index (χ4v) is 2.96. The minimum atomic E-state index is -0.340. The van der Waals surface area contributed by atoms with Gasteiger partial charge in [-0.05, 0) is 55.9 Å². The minimum Gasteiger partial charge on any atom is -0.458 e. The molecular weight excluding hydrogens is 324 g/mol. The van der Waals surface area contributed by atoms with Crippen molar-refractivity contribution in [2.24, 2.45) is 0 Å². The van der Waals surface area contributed by atoms with Crippen LogP contribution in [0.3, 0.4) is 0 Å². The number of aryl methyl sites for hydroxylation is 1. The van der Waals surface area contributed by atoms with Gasteiger partial charge in [-0.2, -0.15) is 0 Å². The molecule has 0 saturated heterocycles. The quantitative estimate of drug-likeness (QED) is 0.534. The Hall–Kier alpha value is -2.85. The van der Waals surface area contributed by atoms with Crippen molar-refractivity contribution in [1.82, 2.24) is 9.88 Å². The molecule has 2 aromatic carbocycles. The van der Waals surface area contributed by atoms with Crippen molar-refractivity contribution in [2.75, 3.05) is 14.1 Å². The highest BCUT2D eigenvalue weighted by molar-refractivity contribution is 5.90. The number of carbonyl (C=O) groups excluding carboxylic acids is 1. The number of rotatable bonds is 6. The first-order chi connectivity index (χ1) is 12.5. The molecule has 26 heavy (non-hydrogen) atoms. The fraction of sp³-hybridized carbons (Fsp3) is 0.227. The predicted molar refractivity (Wildman–Crippen MR) is 106 cm³/mol. The Morgan fingerprint density at radius 2 is 1.92 bits per heavy atom. The average molecular weight is 348 g/mol. The number of hydrogen-bond donors (Lipinski definition) is 1. The van der Waals surface area contributed by atoms with E-state index < -0.39 is 0 Å². The van der Waals surface area contributed by atoms with Gasteiger partial charge in [-0.1, -0.05) is 36.4 Å². The molecule has 3 aromatic rings. The minimum absolute atomic E-state index is 0.285. The molecule has 4 nitrogen and oxygen atoms in total. The van der Waals surface area contributed by atoms with Gasteiger partial charge in [0, 0.05) is 29.2 Å². The number of aromatic amines is 1. The molecular formula is C22H24N2O2. The van der Waals surface area contributed by atoms with Crippen molar-refractivity contribution in [3.8, 4) is 0 Å². The first kappa shape index (κ1) is 18.0. The Labute approximate surface area is 154 Å². The number of benzene rings is 2. The number of nitrogens with one attached hydrogen (secondary N) is 1. The van der Waals surface area contributed by atoms with Crippen molar-refractivity contribution in [3.63, 3.8) is 0 Å². The summed E-state index contributed by atoms with van der Waals surface area (Å²) in [5, 5.41) is 1.19.